The quantitative estimate of drug-likeness (QED) is 0.830. The van der Waals surface area contributed by atoms with Crippen molar-refractivity contribution in [2.24, 2.45) is 17.6 Å². The third-order valence-electron chi connectivity index (χ3n) is 3.63. The molecule has 1 fully saturated rings. The summed E-state index contributed by atoms with van der Waals surface area (Å²) < 4.78 is 0. The van der Waals surface area contributed by atoms with Gasteiger partial charge in [0.15, 0.2) is 0 Å². The average Bonchev–Trinajstić information content (AvgIpc) is 2.27. The highest BCUT2D eigenvalue weighted by atomic mass is 32.1. The minimum absolute atomic E-state index is 0.500. The summed E-state index contributed by atoms with van der Waals surface area (Å²) in [6.45, 7) is 8.91. The van der Waals surface area contributed by atoms with Crippen LogP contribution in [-0.2, 0) is 0 Å². The van der Waals surface area contributed by atoms with Crippen molar-refractivity contribution >= 4 is 22.9 Å². The van der Waals surface area contributed by atoms with Gasteiger partial charge in [-0.25, -0.2) is 0 Å². The molecule has 1 aromatic rings. The van der Waals surface area contributed by atoms with Crippen LogP contribution in [0.2, 0.25) is 0 Å². The number of anilines is 1. The molecule has 3 heteroatoms. The van der Waals surface area contributed by atoms with E-state index in [1.165, 1.54) is 17.7 Å². The van der Waals surface area contributed by atoms with Crippen molar-refractivity contribution in [1.82, 2.24) is 0 Å². The highest BCUT2D eigenvalue weighted by molar-refractivity contribution is 7.80. The Bertz CT molecular complexity index is 446. The van der Waals surface area contributed by atoms with Gasteiger partial charge in [0, 0.05) is 24.3 Å². The van der Waals surface area contributed by atoms with E-state index >= 15 is 0 Å². The Kier molecular flexibility index (Phi) is 3.91. The monoisotopic (exact) mass is 262 g/mol. The lowest BCUT2D eigenvalue weighted by atomic mass is 9.91. The zero-order chi connectivity index (χ0) is 13.3. The molecule has 2 nitrogen and oxygen atoms in total. The van der Waals surface area contributed by atoms with E-state index < -0.39 is 0 Å². The number of nitrogens with zero attached hydrogens (tertiary/aromatic N) is 1. The molecule has 1 saturated heterocycles. The number of piperidine rings is 1. The van der Waals surface area contributed by atoms with Crippen LogP contribution in [0.1, 0.15) is 31.4 Å². The molecular weight excluding hydrogens is 240 g/mol. The van der Waals surface area contributed by atoms with E-state index in [0.29, 0.717) is 4.99 Å². The lowest BCUT2D eigenvalue weighted by Crippen LogP contribution is -2.39. The molecule has 2 atom stereocenters. The Balaban J connectivity index is 2.35. The van der Waals surface area contributed by atoms with Gasteiger partial charge in [-0.05, 0) is 37.3 Å². The molecule has 0 aliphatic carbocycles. The lowest BCUT2D eigenvalue weighted by molar-refractivity contribution is 0.357. The summed E-state index contributed by atoms with van der Waals surface area (Å²) >= 11 is 5.19. The van der Waals surface area contributed by atoms with Crippen LogP contribution in [-0.4, -0.2) is 18.1 Å². The van der Waals surface area contributed by atoms with Gasteiger partial charge in [-0.3, -0.25) is 0 Å². The van der Waals surface area contributed by atoms with Gasteiger partial charge in [0.25, 0.3) is 0 Å². The fraction of sp³-hybridized carbons (Fsp3) is 0.533. The van der Waals surface area contributed by atoms with Crippen LogP contribution < -0.4 is 10.6 Å². The maximum Gasteiger partial charge on any atom is 0.106 e. The first-order chi connectivity index (χ1) is 8.47. The van der Waals surface area contributed by atoms with Crippen molar-refractivity contribution in [3.05, 3.63) is 29.3 Å². The largest absolute Gasteiger partial charge is 0.389 e. The summed E-state index contributed by atoms with van der Waals surface area (Å²) in [6, 6.07) is 6.40. The zero-order valence-corrected chi connectivity index (χ0v) is 12.3. The smallest absolute Gasteiger partial charge is 0.106 e. The Morgan fingerprint density at radius 2 is 1.89 bits per heavy atom. The van der Waals surface area contributed by atoms with E-state index in [1.807, 2.05) is 0 Å². The topological polar surface area (TPSA) is 29.3 Å². The number of aryl methyl sites for hydroxylation is 1. The summed E-state index contributed by atoms with van der Waals surface area (Å²) in [5.74, 6) is 1.46. The molecule has 18 heavy (non-hydrogen) atoms. The molecule has 1 heterocycles. The van der Waals surface area contributed by atoms with Gasteiger partial charge >= 0.3 is 0 Å². The van der Waals surface area contributed by atoms with Crippen LogP contribution in [0.4, 0.5) is 5.69 Å². The highest BCUT2D eigenvalue weighted by Gasteiger charge is 2.23. The molecule has 0 spiro atoms. The minimum atomic E-state index is 0.500. The fourth-order valence-electron chi connectivity index (χ4n) is 2.98. The number of thiocarbonyl (C=S) groups is 1. The molecule has 0 saturated carbocycles. The summed E-state index contributed by atoms with van der Waals surface area (Å²) in [7, 11) is 0. The normalized spacial score (nSPS) is 24.1. The van der Waals surface area contributed by atoms with Crippen LogP contribution in [0.25, 0.3) is 0 Å². The van der Waals surface area contributed by atoms with Crippen LogP contribution in [0.5, 0.6) is 0 Å². The summed E-state index contributed by atoms with van der Waals surface area (Å²) in [4.78, 5) is 2.94. The van der Waals surface area contributed by atoms with Crippen molar-refractivity contribution in [3.63, 3.8) is 0 Å². The molecule has 2 unspecified atom stereocenters. The number of nitrogens with two attached hydrogens (primary N) is 1. The Morgan fingerprint density at radius 3 is 2.44 bits per heavy atom. The first-order valence-electron chi connectivity index (χ1n) is 6.62. The molecule has 1 aliphatic rings. The van der Waals surface area contributed by atoms with Crippen molar-refractivity contribution < 1.29 is 0 Å². The average molecular weight is 262 g/mol. The Hall–Kier alpha value is -1.09. The first kappa shape index (κ1) is 13.3. The Labute approximate surface area is 115 Å². The predicted molar refractivity (Wildman–Crippen MR) is 82.2 cm³/mol. The molecule has 0 bridgehead atoms. The van der Waals surface area contributed by atoms with Crippen LogP contribution in [0, 0.1) is 18.8 Å². The molecule has 1 aliphatic heterocycles. The van der Waals surface area contributed by atoms with Gasteiger partial charge in [-0.15, -0.1) is 0 Å². The van der Waals surface area contributed by atoms with Crippen LogP contribution in [0.3, 0.4) is 0 Å². The van der Waals surface area contributed by atoms with E-state index in [-0.39, 0.29) is 0 Å². The van der Waals surface area contributed by atoms with Gasteiger partial charge in [0.2, 0.25) is 0 Å². The maximum absolute atomic E-state index is 5.86. The number of benzene rings is 1. The molecule has 2 rings (SSSR count). The summed E-state index contributed by atoms with van der Waals surface area (Å²) in [5, 5.41) is 0. The number of hydrogen-bond donors (Lipinski definition) is 1. The standard InChI is InChI=1S/C15H22N2S/c1-10-4-5-14(13(7-10)15(16)18)17-8-11(2)6-12(3)9-17/h4-5,7,11-12H,6,8-9H2,1-3H3,(H2,16,18). The van der Waals surface area contributed by atoms with Crippen LogP contribution in [0.15, 0.2) is 18.2 Å². The van der Waals surface area contributed by atoms with Crippen molar-refractivity contribution in [2.45, 2.75) is 27.2 Å². The van der Waals surface area contributed by atoms with Crippen LogP contribution >= 0.6 is 12.2 Å². The second kappa shape index (κ2) is 5.27. The summed E-state index contributed by atoms with van der Waals surface area (Å²) in [5.41, 5.74) is 9.29. The fourth-order valence-corrected chi connectivity index (χ4v) is 3.15. The van der Waals surface area contributed by atoms with Gasteiger partial charge in [0.1, 0.15) is 4.99 Å². The van der Waals surface area contributed by atoms with Crippen molar-refractivity contribution in [3.8, 4) is 0 Å². The predicted octanol–water partition coefficient (Wildman–Crippen LogP) is 3.11. The van der Waals surface area contributed by atoms with E-state index in [4.69, 9.17) is 18.0 Å². The van der Waals surface area contributed by atoms with E-state index in [9.17, 15) is 0 Å². The number of rotatable bonds is 2. The lowest BCUT2D eigenvalue weighted by Gasteiger charge is -2.37. The molecule has 98 valence electrons. The second-order valence-corrected chi connectivity index (χ2v) is 6.18. The molecular formula is C15H22N2S. The third kappa shape index (κ3) is 2.83. The third-order valence-corrected chi connectivity index (χ3v) is 3.85. The van der Waals surface area contributed by atoms with E-state index in [2.05, 4.69) is 43.9 Å². The van der Waals surface area contributed by atoms with Crippen molar-refractivity contribution in [1.29, 1.82) is 0 Å². The van der Waals surface area contributed by atoms with Gasteiger partial charge in [-0.2, -0.15) is 0 Å². The number of hydrogen-bond acceptors (Lipinski definition) is 2. The highest BCUT2D eigenvalue weighted by Crippen LogP contribution is 2.29. The second-order valence-electron chi connectivity index (χ2n) is 5.74. The molecule has 0 radical (unpaired) electrons. The van der Waals surface area contributed by atoms with Gasteiger partial charge in [-0.1, -0.05) is 37.7 Å². The summed E-state index contributed by atoms with van der Waals surface area (Å²) in [6.07, 6.45) is 1.31. The van der Waals surface area contributed by atoms with Gasteiger partial charge in [0.05, 0.1) is 0 Å². The van der Waals surface area contributed by atoms with Gasteiger partial charge < -0.3 is 10.6 Å². The molecule has 1 aromatic carbocycles. The van der Waals surface area contributed by atoms with Crippen molar-refractivity contribution in [2.75, 3.05) is 18.0 Å². The molecule has 0 aromatic heterocycles. The first-order valence-corrected chi connectivity index (χ1v) is 7.03. The SMILES string of the molecule is Cc1ccc(N2CC(C)CC(C)C2)c(C(N)=S)c1. The zero-order valence-electron chi connectivity index (χ0n) is 11.4. The Morgan fingerprint density at radius 1 is 1.28 bits per heavy atom. The maximum atomic E-state index is 5.86. The minimum Gasteiger partial charge on any atom is -0.389 e. The molecule has 0 amide bonds. The van der Waals surface area contributed by atoms with E-state index in [1.54, 1.807) is 0 Å². The molecule has 2 N–H and O–H groups in total. The van der Waals surface area contributed by atoms with E-state index in [0.717, 1.165) is 30.5 Å².